The van der Waals surface area contributed by atoms with E-state index in [4.69, 9.17) is 0 Å². The van der Waals surface area contributed by atoms with Crippen molar-refractivity contribution in [2.24, 2.45) is 0 Å². The van der Waals surface area contributed by atoms with Crippen LogP contribution in [0.5, 0.6) is 17.2 Å². The van der Waals surface area contributed by atoms with E-state index in [0.29, 0.717) is 17.5 Å². The van der Waals surface area contributed by atoms with E-state index in [-0.39, 0.29) is 34.9 Å². The standard InChI is InChI=1S/C24H19NO5/c26-18-7-1-15(2-8-18)13-14-25-23(29)21(16-3-9-19(27)10-4-16)22(24(25)30)17-5-11-20(28)12-6-17/h1-12,26-28H,13-14H2. The Labute approximate surface area is 173 Å². The molecule has 2 amide bonds. The predicted molar refractivity (Wildman–Crippen MR) is 112 cm³/mol. The van der Waals surface area contributed by atoms with Gasteiger partial charge in [0.25, 0.3) is 11.8 Å². The molecule has 150 valence electrons. The predicted octanol–water partition coefficient (Wildman–Crippen LogP) is 3.33. The van der Waals surface area contributed by atoms with Gasteiger partial charge >= 0.3 is 0 Å². The Morgan fingerprint density at radius 1 is 0.567 bits per heavy atom. The van der Waals surface area contributed by atoms with Crippen molar-refractivity contribution in [3.8, 4) is 17.2 Å². The molecule has 0 saturated carbocycles. The quantitative estimate of drug-likeness (QED) is 0.570. The van der Waals surface area contributed by atoms with Gasteiger partial charge in [-0.05, 0) is 59.5 Å². The molecule has 3 N–H and O–H groups in total. The molecular weight excluding hydrogens is 382 g/mol. The Hall–Kier alpha value is -4.06. The van der Waals surface area contributed by atoms with Crippen molar-refractivity contribution in [1.82, 2.24) is 4.90 Å². The van der Waals surface area contributed by atoms with Gasteiger partial charge in [0.05, 0.1) is 11.1 Å². The molecule has 6 heteroatoms. The molecule has 6 nitrogen and oxygen atoms in total. The highest BCUT2D eigenvalue weighted by Gasteiger charge is 2.39. The molecule has 0 saturated heterocycles. The maximum atomic E-state index is 13.2. The minimum Gasteiger partial charge on any atom is -0.508 e. The van der Waals surface area contributed by atoms with Gasteiger partial charge < -0.3 is 15.3 Å². The van der Waals surface area contributed by atoms with Crippen LogP contribution in [0.1, 0.15) is 16.7 Å². The zero-order chi connectivity index (χ0) is 21.3. The van der Waals surface area contributed by atoms with Crippen LogP contribution in [-0.4, -0.2) is 38.6 Å². The third kappa shape index (κ3) is 3.63. The summed E-state index contributed by atoms with van der Waals surface area (Å²) in [6, 6.07) is 18.9. The van der Waals surface area contributed by atoms with Crippen LogP contribution in [0.4, 0.5) is 0 Å². The third-order valence-corrected chi connectivity index (χ3v) is 5.04. The van der Waals surface area contributed by atoms with Crippen LogP contribution in [0.15, 0.2) is 72.8 Å². The molecule has 1 heterocycles. The highest BCUT2D eigenvalue weighted by molar-refractivity contribution is 6.49. The lowest BCUT2D eigenvalue weighted by atomic mass is 9.96. The molecule has 1 aliphatic rings. The molecule has 0 fully saturated rings. The largest absolute Gasteiger partial charge is 0.508 e. The van der Waals surface area contributed by atoms with Crippen LogP contribution in [-0.2, 0) is 16.0 Å². The highest BCUT2D eigenvalue weighted by Crippen LogP contribution is 2.36. The second-order valence-electron chi connectivity index (χ2n) is 7.02. The molecule has 3 aromatic rings. The molecule has 4 rings (SSSR count). The van der Waals surface area contributed by atoms with Crippen LogP contribution in [0.2, 0.25) is 0 Å². The number of benzene rings is 3. The Kier molecular flexibility index (Phi) is 4.98. The van der Waals surface area contributed by atoms with Crippen LogP contribution in [0.25, 0.3) is 11.1 Å². The van der Waals surface area contributed by atoms with Crippen LogP contribution in [0.3, 0.4) is 0 Å². The monoisotopic (exact) mass is 401 g/mol. The first-order valence-corrected chi connectivity index (χ1v) is 9.41. The maximum absolute atomic E-state index is 13.2. The van der Waals surface area contributed by atoms with Crippen molar-refractivity contribution in [2.75, 3.05) is 6.54 Å². The number of carbonyl (C=O) groups is 2. The maximum Gasteiger partial charge on any atom is 0.262 e. The van der Waals surface area contributed by atoms with E-state index < -0.39 is 11.8 Å². The van der Waals surface area contributed by atoms with Crippen LogP contribution >= 0.6 is 0 Å². The van der Waals surface area contributed by atoms with Crippen molar-refractivity contribution in [2.45, 2.75) is 6.42 Å². The SMILES string of the molecule is O=C1C(c2ccc(O)cc2)=C(c2ccc(O)cc2)C(=O)N1CCc1ccc(O)cc1. The minimum atomic E-state index is -0.410. The van der Waals surface area contributed by atoms with Gasteiger partial charge in [0.15, 0.2) is 0 Å². The van der Waals surface area contributed by atoms with Crippen molar-refractivity contribution in [3.05, 3.63) is 89.5 Å². The molecule has 0 spiro atoms. The number of hydrogen-bond donors (Lipinski definition) is 3. The van der Waals surface area contributed by atoms with Crippen molar-refractivity contribution in [3.63, 3.8) is 0 Å². The Morgan fingerprint density at radius 3 is 1.33 bits per heavy atom. The average Bonchev–Trinajstić information content (AvgIpc) is 2.99. The molecule has 0 bridgehead atoms. The summed E-state index contributed by atoms with van der Waals surface area (Å²) >= 11 is 0. The third-order valence-electron chi connectivity index (χ3n) is 5.04. The number of rotatable bonds is 5. The summed E-state index contributed by atoms with van der Waals surface area (Å²) in [6.07, 6.45) is 0.448. The van der Waals surface area contributed by atoms with Gasteiger partial charge in [0, 0.05) is 6.54 Å². The lowest BCUT2D eigenvalue weighted by Crippen LogP contribution is -2.33. The number of carbonyl (C=O) groups excluding carboxylic acids is 2. The number of imide groups is 1. The summed E-state index contributed by atoms with van der Waals surface area (Å²) in [5.41, 5.74) is 2.47. The molecular formula is C24H19NO5. The van der Waals surface area contributed by atoms with Crippen LogP contribution < -0.4 is 0 Å². The Morgan fingerprint density at radius 2 is 0.933 bits per heavy atom. The number of hydrogen-bond acceptors (Lipinski definition) is 5. The summed E-state index contributed by atoms with van der Waals surface area (Å²) in [6.45, 7) is 0.186. The van der Waals surface area contributed by atoms with Crippen molar-refractivity contribution >= 4 is 23.0 Å². The summed E-state index contributed by atoms with van der Waals surface area (Å²) in [4.78, 5) is 27.7. The smallest absolute Gasteiger partial charge is 0.262 e. The van der Waals surface area contributed by atoms with E-state index in [1.807, 2.05) is 0 Å². The molecule has 1 aliphatic heterocycles. The average molecular weight is 401 g/mol. The zero-order valence-corrected chi connectivity index (χ0v) is 15.9. The minimum absolute atomic E-state index is 0.0616. The van der Waals surface area contributed by atoms with Gasteiger partial charge in [-0.15, -0.1) is 0 Å². The lowest BCUT2D eigenvalue weighted by molar-refractivity contribution is -0.135. The summed E-state index contributed by atoms with van der Waals surface area (Å²) < 4.78 is 0. The van der Waals surface area contributed by atoms with Gasteiger partial charge in [-0.2, -0.15) is 0 Å². The number of phenolic OH excluding ortho intramolecular Hbond substituents is 3. The molecule has 0 aromatic heterocycles. The first kappa shape index (κ1) is 19.3. The summed E-state index contributed by atoms with van der Waals surface area (Å²) in [5, 5.41) is 28.6. The van der Waals surface area contributed by atoms with Crippen LogP contribution in [0, 0.1) is 0 Å². The van der Waals surface area contributed by atoms with Crippen molar-refractivity contribution < 1.29 is 24.9 Å². The first-order chi connectivity index (χ1) is 14.4. The Balaban J connectivity index is 1.70. The molecule has 0 aliphatic carbocycles. The molecule has 30 heavy (non-hydrogen) atoms. The van der Waals surface area contributed by atoms with E-state index in [0.717, 1.165) is 5.56 Å². The summed E-state index contributed by atoms with van der Waals surface area (Å²) in [7, 11) is 0. The van der Waals surface area contributed by atoms with E-state index in [9.17, 15) is 24.9 Å². The fourth-order valence-corrected chi connectivity index (χ4v) is 3.47. The topological polar surface area (TPSA) is 98.1 Å². The zero-order valence-electron chi connectivity index (χ0n) is 15.9. The van der Waals surface area contributed by atoms with E-state index in [1.54, 1.807) is 48.5 Å². The van der Waals surface area contributed by atoms with E-state index >= 15 is 0 Å². The molecule has 0 unspecified atom stereocenters. The van der Waals surface area contributed by atoms with E-state index in [1.165, 1.54) is 29.2 Å². The first-order valence-electron chi connectivity index (χ1n) is 9.41. The molecule has 0 radical (unpaired) electrons. The molecule has 0 atom stereocenters. The van der Waals surface area contributed by atoms with Gasteiger partial charge in [0.1, 0.15) is 17.2 Å². The molecule has 3 aromatic carbocycles. The second-order valence-corrected chi connectivity index (χ2v) is 7.02. The van der Waals surface area contributed by atoms with Gasteiger partial charge in [-0.3, -0.25) is 14.5 Å². The lowest BCUT2D eigenvalue weighted by Gasteiger charge is -2.15. The number of aromatic hydroxyl groups is 3. The van der Waals surface area contributed by atoms with Gasteiger partial charge in [-0.1, -0.05) is 36.4 Å². The summed E-state index contributed by atoms with van der Waals surface area (Å²) in [5.74, 6) is -0.545. The number of amides is 2. The number of phenols is 3. The fourth-order valence-electron chi connectivity index (χ4n) is 3.47. The number of nitrogens with zero attached hydrogens (tertiary/aromatic N) is 1. The van der Waals surface area contributed by atoms with E-state index in [2.05, 4.69) is 0 Å². The van der Waals surface area contributed by atoms with Crippen molar-refractivity contribution in [1.29, 1.82) is 0 Å². The fraction of sp³-hybridized carbons (Fsp3) is 0.0833. The second kappa shape index (κ2) is 7.75. The van der Waals surface area contributed by atoms with Gasteiger partial charge in [-0.25, -0.2) is 0 Å². The highest BCUT2D eigenvalue weighted by atomic mass is 16.3. The Bertz CT molecular complexity index is 1060. The van der Waals surface area contributed by atoms with Gasteiger partial charge in [0.2, 0.25) is 0 Å². The normalized spacial score (nSPS) is 13.9.